The lowest BCUT2D eigenvalue weighted by atomic mass is 10.2. The first-order valence-corrected chi connectivity index (χ1v) is 9.05. The molecule has 0 radical (unpaired) electrons. The molecule has 2 rings (SSSR count). The number of carbonyl (C=O) groups is 2. The van der Waals surface area contributed by atoms with Gasteiger partial charge in [-0.2, -0.15) is 0 Å². The summed E-state index contributed by atoms with van der Waals surface area (Å²) in [7, 11) is 0. The van der Waals surface area contributed by atoms with E-state index in [1.54, 1.807) is 12.1 Å². The van der Waals surface area contributed by atoms with Crippen LogP contribution in [0.15, 0.2) is 48.5 Å². The molecule has 0 aromatic heterocycles. The van der Waals surface area contributed by atoms with E-state index in [1.807, 2.05) is 36.4 Å². The van der Waals surface area contributed by atoms with Gasteiger partial charge in [-0.15, -0.1) is 0 Å². The molecule has 2 N–H and O–H groups in total. The number of amides is 2. The summed E-state index contributed by atoms with van der Waals surface area (Å²) < 4.78 is 0. The Kier molecular flexibility index (Phi) is 7.48. The van der Waals surface area contributed by atoms with Crippen LogP contribution >= 0.6 is 11.6 Å². The smallest absolute Gasteiger partial charge is 0.233 e. The number of hydrogen-bond donors (Lipinski definition) is 2. The van der Waals surface area contributed by atoms with E-state index in [9.17, 15) is 9.59 Å². The van der Waals surface area contributed by atoms with Crippen LogP contribution in [-0.4, -0.2) is 24.9 Å². The lowest BCUT2D eigenvalue weighted by Crippen LogP contribution is -2.27. The molecule has 6 heteroatoms. The van der Waals surface area contributed by atoms with Crippen molar-refractivity contribution in [2.24, 2.45) is 0 Å². The summed E-state index contributed by atoms with van der Waals surface area (Å²) in [5.41, 5.74) is 2.71. The highest BCUT2D eigenvalue weighted by Crippen LogP contribution is 2.17. The second-order valence-electron chi connectivity index (χ2n) is 5.85. The maximum atomic E-state index is 12.0. The molecule has 5 nitrogen and oxygen atoms in total. The molecule has 0 atom stereocenters. The SMILES string of the molecule is CCN(CC)c1ccc(NC(=O)CC(=O)NCc2ccc(Cl)cc2)cc1. The number of rotatable bonds is 8. The van der Waals surface area contributed by atoms with Crippen molar-refractivity contribution >= 4 is 34.8 Å². The van der Waals surface area contributed by atoms with E-state index >= 15 is 0 Å². The summed E-state index contributed by atoms with van der Waals surface area (Å²) in [4.78, 5) is 26.1. The van der Waals surface area contributed by atoms with Gasteiger partial charge in [0.05, 0.1) is 0 Å². The summed E-state index contributed by atoms with van der Waals surface area (Å²) in [5.74, 6) is -0.661. The van der Waals surface area contributed by atoms with E-state index in [0.717, 1.165) is 24.3 Å². The highest BCUT2D eigenvalue weighted by Gasteiger charge is 2.10. The van der Waals surface area contributed by atoms with Crippen molar-refractivity contribution in [1.29, 1.82) is 0 Å². The Hall–Kier alpha value is -2.53. The van der Waals surface area contributed by atoms with Gasteiger partial charge in [0, 0.05) is 36.0 Å². The molecule has 0 fully saturated rings. The topological polar surface area (TPSA) is 61.4 Å². The zero-order chi connectivity index (χ0) is 18.9. The molecule has 0 spiro atoms. The zero-order valence-electron chi connectivity index (χ0n) is 15.1. The van der Waals surface area contributed by atoms with Crippen LogP contribution in [0.5, 0.6) is 0 Å². The fourth-order valence-corrected chi connectivity index (χ4v) is 2.69. The number of anilines is 2. The molecule has 2 amide bonds. The molecule has 0 saturated carbocycles. The van der Waals surface area contributed by atoms with E-state index in [0.29, 0.717) is 17.3 Å². The van der Waals surface area contributed by atoms with Gasteiger partial charge in [0.15, 0.2) is 0 Å². The predicted molar refractivity (Wildman–Crippen MR) is 107 cm³/mol. The van der Waals surface area contributed by atoms with E-state index in [4.69, 9.17) is 11.6 Å². The molecule has 0 aliphatic carbocycles. The number of benzene rings is 2. The first-order chi connectivity index (χ1) is 12.5. The minimum absolute atomic E-state index is 0.217. The normalized spacial score (nSPS) is 10.3. The van der Waals surface area contributed by atoms with Gasteiger partial charge in [0.25, 0.3) is 0 Å². The van der Waals surface area contributed by atoms with Gasteiger partial charge >= 0.3 is 0 Å². The molecule has 0 bridgehead atoms. The summed E-state index contributed by atoms with van der Waals surface area (Å²) in [6.45, 7) is 6.41. The minimum atomic E-state index is -0.339. The van der Waals surface area contributed by atoms with Crippen molar-refractivity contribution in [1.82, 2.24) is 5.32 Å². The maximum absolute atomic E-state index is 12.0. The summed E-state index contributed by atoms with van der Waals surface area (Å²) in [6.07, 6.45) is -0.217. The van der Waals surface area contributed by atoms with Crippen molar-refractivity contribution in [2.75, 3.05) is 23.3 Å². The van der Waals surface area contributed by atoms with Crippen molar-refractivity contribution in [2.45, 2.75) is 26.8 Å². The second-order valence-corrected chi connectivity index (χ2v) is 6.28. The van der Waals surface area contributed by atoms with Crippen LogP contribution in [0.4, 0.5) is 11.4 Å². The molecular weight excluding hydrogens is 350 g/mol. The van der Waals surface area contributed by atoms with Gasteiger partial charge in [-0.3, -0.25) is 9.59 Å². The number of carbonyl (C=O) groups excluding carboxylic acids is 2. The van der Waals surface area contributed by atoms with Gasteiger partial charge in [-0.1, -0.05) is 23.7 Å². The van der Waals surface area contributed by atoms with Crippen LogP contribution in [0, 0.1) is 0 Å². The third kappa shape index (κ3) is 6.08. The number of nitrogens with zero attached hydrogens (tertiary/aromatic N) is 1. The van der Waals surface area contributed by atoms with Gasteiger partial charge in [-0.05, 0) is 55.8 Å². The average Bonchev–Trinajstić information content (AvgIpc) is 2.63. The Morgan fingerprint density at radius 3 is 2.12 bits per heavy atom. The van der Waals surface area contributed by atoms with Gasteiger partial charge < -0.3 is 15.5 Å². The third-order valence-electron chi connectivity index (χ3n) is 4.00. The summed E-state index contributed by atoms with van der Waals surface area (Å²) in [6, 6.07) is 14.8. The van der Waals surface area contributed by atoms with Crippen LogP contribution < -0.4 is 15.5 Å². The minimum Gasteiger partial charge on any atom is -0.372 e. The lowest BCUT2D eigenvalue weighted by molar-refractivity contribution is -0.126. The van der Waals surface area contributed by atoms with Crippen molar-refractivity contribution < 1.29 is 9.59 Å². The molecule has 26 heavy (non-hydrogen) atoms. The Morgan fingerprint density at radius 2 is 1.54 bits per heavy atom. The molecule has 138 valence electrons. The van der Waals surface area contributed by atoms with Crippen molar-refractivity contribution in [3.8, 4) is 0 Å². The Labute approximate surface area is 159 Å². The Balaban J connectivity index is 1.80. The van der Waals surface area contributed by atoms with E-state index in [1.165, 1.54) is 0 Å². The molecular formula is C20H24ClN3O2. The first kappa shape index (κ1) is 19.8. The highest BCUT2D eigenvalue weighted by atomic mass is 35.5. The lowest BCUT2D eigenvalue weighted by Gasteiger charge is -2.21. The van der Waals surface area contributed by atoms with Gasteiger partial charge in [-0.25, -0.2) is 0 Å². The van der Waals surface area contributed by atoms with Crippen molar-refractivity contribution in [3.05, 3.63) is 59.1 Å². The molecule has 2 aromatic rings. The summed E-state index contributed by atoms with van der Waals surface area (Å²) in [5, 5.41) is 6.11. The number of nitrogens with one attached hydrogen (secondary N) is 2. The molecule has 0 heterocycles. The van der Waals surface area contributed by atoms with E-state index in [-0.39, 0.29) is 18.2 Å². The van der Waals surface area contributed by atoms with Crippen LogP contribution in [0.3, 0.4) is 0 Å². The zero-order valence-corrected chi connectivity index (χ0v) is 15.8. The third-order valence-corrected chi connectivity index (χ3v) is 4.26. The largest absolute Gasteiger partial charge is 0.372 e. The molecule has 0 unspecified atom stereocenters. The van der Waals surface area contributed by atoms with Gasteiger partial charge in [0.2, 0.25) is 11.8 Å². The van der Waals surface area contributed by atoms with Crippen LogP contribution in [0.25, 0.3) is 0 Å². The molecule has 0 aliphatic heterocycles. The van der Waals surface area contributed by atoms with Crippen LogP contribution in [0.1, 0.15) is 25.8 Å². The standard InChI is InChI=1S/C20H24ClN3O2/c1-3-24(4-2)18-11-9-17(10-12-18)23-20(26)13-19(25)22-14-15-5-7-16(21)8-6-15/h5-12H,3-4,13-14H2,1-2H3,(H,22,25)(H,23,26). The van der Waals surface area contributed by atoms with Crippen molar-refractivity contribution in [3.63, 3.8) is 0 Å². The summed E-state index contributed by atoms with van der Waals surface area (Å²) >= 11 is 5.82. The van der Waals surface area contributed by atoms with Crippen LogP contribution in [-0.2, 0) is 16.1 Å². The average molecular weight is 374 g/mol. The monoisotopic (exact) mass is 373 g/mol. The van der Waals surface area contributed by atoms with E-state index < -0.39 is 0 Å². The van der Waals surface area contributed by atoms with Gasteiger partial charge in [0.1, 0.15) is 6.42 Å². The van der Waals surface area contributed by atoms with Crippen LogP contribution in [0.2, 0.25) is 5.02 Å². The Morgan fingerprint density at radius 1 is 0.923 bits per heavy atom. The predicted octanol–water partition coefficient (Wildman–Crippen LogP) is 3.83. The van der Waals surface area contributed by atoms with E-state index in [2.05, 4.69) is 29.4 Å². The second kappa shape index (κ2) is 9.82. The quantitative estimate of drug-likeness (QED) is 0.691. The fourth-order valence-electron chi connectivity index (χ4n) is 2.56. The Bertz CT molecular complexity index is 726. The number of halogens is 1. The molecule has 0 aliphatic rings. The maximum Gasteiger partial charge on any atom is 0.233 e. The highest BCUT2D eigenvalue weighted by molar-refractivity contribution is 6.30. The molecule has 2 aromatic carbocycles. The number of hydrogen-bond acceptors (Lipinski definition) is 3. The molecule has 0 saturated heterocycles. The first-order valence-electron chi connectivity index (χ1n) is 8.67. The fraction of sp³-hybridized carbons (Fsp3) is 0.300.